The van der Waals surface area contributed by atoms with Crippen LogP contribution in [0.15, 0.2) is 18.2 Å². The molecule has 1 rings (SSSR count). The average molecular weight is 281 g/mol. The Labute approximate surface area is 122 Å². The Kier molecular flexibility index (Phi) is 6.82. The van der Waals surface area contributed by atoms with Crippen molar-refractivity contribution in [3.8, 4) is 11.5 Å². The minimum atomic E-state index is 0.0212. The number of ether oxygens (including phenoxy) is 3. The third-order valence-corrected chi connectivity index (χ3v) is 3.01. The Bertz CT molecular complexity index is 399. The summed E-state index contributed by atoms with van der Waals surface area (Å²) in [6.07, 6.45) is 0. The van der Waals surface area contributed by atoms with Crippen molar-refractivity contribution in [1.82, 2.24) is 5.32 Å². The van der Waals surface area contributed by atoms with Crippen LogP contribution in [-0.2, 0) is 10.2 Å². The van der Waals surface area contributed by atoms with Crippen molar-refractivity contribution in [1.29, 1.82) is 0 Å². The van der Waals surface area contributed by atoms with E-state index in [2.05, 4.69) is 26.1 Å². The summed E-state index contributed by atoms with van der Waals surface area (Å²) < 4.78 is 16.2. The maximum atomic E-state index is 5.88. The lowest BCUT2D eigenvalue weighted by Crippen LogP contribution is -2.25. The van der Waals surface area contributed by atoms with E-state index in [0.717, 1.165) is 36.8 Å². The molecule has 0 radical (unpaired) electrons. The molecule has 0 saturated carbocycles. The highest BCUT2D eigenvalue weighted by Gasteiger charge is 2.19. The molecule has 0 heterocycles. The number of nitrogens with one attached hydrogen (secondary N) is 1. The van der Waals surface area contributed by atoms with Gasteiger partial charge in [0.25, 0.3) is 0 Å². The van der Waals surface area contributed by atoms with Gasteiger partial charge in [-0.1, -0.05) is 20.8 Å². The number of methoxy groups -OCH3 is 2. The highest BCUT2D eigenvalue weighted by Crippen LogP contribution is 2.34. The average Bonchev–Trinajstić information content (AvgIpc) is 2.41. The van der Waals surface area contributed by atoms with E-state index >= 15 is 0 Å². The first-order valence-electron chi connectivity index (χ1n) is 7.00. The van der Waals surface area contributed by atoms with Crippen LogP contribution in [0.25, 0.3) is 0 Å². The van der Waals surface area contributed by atoms with Crippen LogP contribution in [0.4, 0.5) is 0 Å². The molecule has 0 unspecified atom stereocenters. The highest BCUT2D eigenvalue weighted by atomic mass is 16.5. The summed E-state index contributed by atoms with van der Waals surface area (Å²) in [5, 5.41) is 3.26. The van der Waals surface area contributed by atoms with Crippen molar-refractivity contribution in [3.63, 3.8) is 0 Å². The topological polar surface area (TPSA) is 39.7 Å². The van der Waals surface area contributed by atoms with Crippen LogP contribution in [0.3, 0.4) is 0 Å². The standard InChI is InChI=1S/C16H27NO3/c1-16(2,3)14-12-13(19-5)6-7-15(14)20-11-9-17-8-10-18-4/h6-7,12,17H,8-11H2,1-5H3. The van der Waals surface area contributed by atoms with E-state index in [4.69, 9.17) is 14.2 Å². The first-order chi connectivity index (χ1) is 9.49. The van der Waals surface area contributed by atoms with Crippen molar-refractivity contribution in [3.05, 3.63) is 23.8 Å². The number of hydrogen-bond acceptors (Lipinski definition) is 4. The second-order valence-electron chi connectivity index (χ2n) is 5.70. The predicted octanol–water partition coefficient (Wildman–Crippen LogP) is 2.61. The monoisotopic (exact) mass is 281 g/mol. The van der Waals surface area contributed by atoms with Crippen LogP contribution in [0.2, 0.25) is 0 Å². The lowest BCUT2D eigenvalue weighted by atomic mass is 9.86. The molecule has 114 valence electrons. The molecular formula is C16H27NO3. The molecule has 0 spiro atoms. The Morgan fingerprint density at radius 2 is 1.75 bits per heavy atom. The van der Waals surface area contributed by atoms with Gasteiger partial charge in [0.1, 0.15) is 18.1 Å². The normalized spacial score (nSPS) is 11.4. The molecule has 0 aliphatic heterocycles. The minimum Gasteiger partial charge on any atom is -0.497 e. The van der Waals surface area contributed by atoms with Gasteiger partial charge in [-0.3, -0.25) is 0 Å². The molecule has 4 nitrogen and oxygen atoms in total. The summed E-state index contributed by atoms with van der Waals surface area (Å²) in [7, 11) is 3.38. The number of rotatable bonds is 8. The molecule has 0 saturated heterocycles. The fourth-order valence-electron chi connectivity index (χ4n) is 1.88. The molecule has 1 N–H and O–H groups in total. The molecule has 1 aromatic carbocycles. The van der Waals surface area contributed by atoms with Gasteiger partial charge in [-0.15, -0.1) is 0 Å². The van der Waals surface area contributed by atoms with E-state index in [1.165, 1.54) is 0 Å². The summed E-state index contributed by atoms with van der Waals surface area (Å²) in [5.74, 6) is 1.78. The minimum absolute atomic E-state index is 0.0212. The Hall–Kier alpha value is -1.26. The second-order valence-corrected chi connectivity index (χ2v) is 5.70. The molecule has 0 aromatic heterocycles. The van der Waals surface area contributed by atoms with E-state index in [-0.39, 0.29) is 5.41 Å². The van der Waals surface area contributed by atoms with E-state index in [1.807, 2.05) is 18.2 Å². The first kappa shape index (κ1) is 16.8. The molecule has 0 aliphatic rings. The number of benzene rings is 1. The first-order valence-corrected chi connectivity index (χ1v) is 7.00. The SMILES string of the molecule is COCCNCCOc1ccc(OC)cc1C(C)(C)C. The van der Waals surface area contributed by atoms with E-state index in [1.54, 1.807) is 14.2 Å². The van der Waals surface area contributed by atoms with Gasteiger partial charge in [-0.05, 0) is 23.6 Å². The molecule has 20 heavy (non-hydrogen) atoms. The Morgan fingerprint density at radius 1 is 1.05 bits per heavy atom. The van der Waals surface area contributed by atoms with Gasteiger partial charge in [0.05, 0.1) is 13.7 Å². The zero-order valence-electron chi connectivity index (χ0n) is 13.3. The Balaban J connectivity index is 2.60. The van der Waals surface area contributed by atoms with Crippen LogP contribution in [0, 0.1) is 0 Å². The van der Waals surface area contributed by atoms with Gasteiger partial charge in [0, 0.05) is 25.8 Å². The van der Waals surface area contributed by atoms with Gasteiger partial charge in [0.15, 0.2) is 0 Å². The molecule has 0 amide bonds. The molecular weight excluding hydrogens is 254 g/mol. The zero-order chi connectivity index (χ0) is 15.0. The molecule has 4 heteroatoms. The maximum absolute atomic E-state index is 5.88. The van der Waals surface area contributed by atoms with Gasteiger partial charge < -0.3 is 19.5 Å². The van der Waals surface area contributed by atoms with E-state index in [9.17, 15) is 0 Å². The Morgan fingerprint density at radius 3 is 2.35 bits per heavy atom. The van der Waals surface area contributed by atoms with Crippen molar-refractivity contribution in [2.24, 2.45) is 0 Å². The van der Waals surface area contributed by atoms with Crippen LogP contribution in [0.1, 0.15) is 26.3 Å². The van der Waals surface area contributed by atoms with Gasteiger partial charge >= 0.3 is 0 Å². The van der Waals surface area contributed by atoms with Gasteiger partial charge in [-0.25, -0.2) is 0 Å². The summed E-state index contributed by atoms with van der Waals surface area (Å²) in [6, 6.07) is 5.96. The van der Waals surface area contributed by atoms with Crippen LogP contribution < -0.4 is 14.8 Å². The van der Waals surface area contributed by atoms with Crippen molar-refractivity contribution < 1.29 is 14.2 Å². The summed E-state index contributed by atoms with van der Waals surface area (Å²) in [5.41, 5.74) is 1.18. The van der Waals surface area contributed by atoms with Crippen LogP contribution >= 0.6 is 0 Å². The van der Waals surface area contributed by atoms with Crippen molar-refractivity contribution in [2.75, 3.05) is 40.5 Å². The largest absolute Gasteiger partial charge is 0.497 e. The summed E-state index contributed by atoms with van der Waals surface area (Å²) >= 11 is 0. The van der Waals surface area contributed by atoms with Gasteiger partial charge in [-0.2, -0.15) is 0 Å². The third-order valence-electron chi connectivity index (χ3n) is 3.01. The summed E-state index contributed by atoms with van der Waals surface area (Å²) in [4.78, 5) is 0. The fraction of sp³-hybridized carbons (Fsp3) is 0.625. The number of hydrogen-bond donors (Lipinski definition) is 1. The molecule has 0 atom stereocenters. The molecule has 0 fully saturated rings. The van der Waals surface area contributed by atoms with E-state index < -0.39 is 0 Å². The smallest absolute Gasteiger partial charge is 0.123 e. The van der Waals surface area contributed by atoms with Crippen molar-refractivity contribution >= 4 is 0 Å². The van der Waals surface area contributed by atoms with Crippen LogP contribution in [-0.4, -0.2) is 40.5 Å². The fourth-order valence-corrected chi connectivity index (χ4v) is 1.88. The van der Waals surface area contributed by atoms with Crippen LogP contribution in [0.5, 0.6) is 11.5 Å². The summed E-state index contributed by atoms with van der Waals surface area (Å²) in [6.45, 7) is 9.52. The second kappa shape index (κ2) is 8.12. The van der Waals surface area contributed by atoms with Gasteiger partial charge in [0.2, 0.25) is 0 Å². The lowest BCUT2D eigenvalue weighted by Gasteiger charge is -2.23. The third kappa shape index (κ3) is 5.39. The molecule has 0 aliphatic carbocycles. The predicted molar refractivity (Wildman–Crippen MR) is 81.9 cm³/mol. The molecule has 0 bridgehead atoms. The van der Waals surface area contributed by atoms with Crippen molar-refractivity contribution in [2.45, 2.75) is 26.2 Å². The maximum Gasteiger partial charge on any atom is 0.123 e. The zero-order valence-corrected chi connectivity index (χ0v) is 13.3. The van der Waals surface area contributed by atoms with E-state index in [0.29, 0.717) is 6.61 Å². The lowest BCUT2D eigenvalue weighted by molar-refractivity contribution is 0.196. The highest BCUT2D eigenvalue weighted by molar-refractivity contribution is 5.44. The quantitative estimate of drug-likeness (QED) is 0.744. The molecule has 1 aromatic rings.